The van der Waals surface area contributed by atoms with E-state index in [0.29, 0.717) is 31.0 Å². The molecule has 172 valence electrons. The zero-order chi connectivity index (χ0) is 22.7. The lowest BCUT2D eigenvalue weighted by Gasteiger charge is -2.46. The first-order valence-corrected chi connectivity index (χ1v) is 11.8. The Bertz CT molecular complexity index is 973. The number of nitrogens with one attached hydrogen (secondary N) is 1. The lowest BCUT2D eigenvalue weighted by molar-refractivity contribution is -0.163. The van der Waals surface area contributed by atoms with Crippen LogP contribution in [0.3, 0.4) is 0 Å². The fourth-order valence-corrected chi connectivity index (χ4v) is 6.85. The van der Waals surface area contributed by atoms with E-state index in [0.717, 1.165) is 0 Å². The molecule has 0 radical (unpaired) electrons. The normalized spacial score (nSPS) is 33.2. The quantitative estimate of drug-likeness (QED) is 0.501. The first-order chi connectivity index (χ1) is 15.3. The zero-order valence-corrected chi connectivity index (χ0v) is 18.7. The highest BCUT2D eigenvalue weighted by atomic mass is 32.2. The van der Waals surface area contributed by atoms with Gasteiger partial charge in [-0.2, -0.15) is 0 Å². The van der Waals surface area contributed by atoms with Gasteiger partial charge in [-0.05, 0) is 13.3 Å². The molecule has 0 spiro atoms. The molecule has 1 unspecified atom stereocenters. The Morgan fingerprint density at radius 3 is 2.72 bits per heavy atom. The number of β-lactam (4-membered cyclic amide) rings is 1. The molecule has 3 saturated heterocycles. The molecule has 1 aromatic heterocycles. The highest BCUT2D eigenvalue weighted by molar-refractivity contribution is 8.03. The summed E-state index contributed by atoms with van der Waals surface area (Å²) in [5.41, 5.74) is 0.0371. The molecule has 3 fully saturated rings. The zero-order valence-electron chi connectivity index (χ0n) is 17.9. The van der Waals surface area contributed by atoms with Crippen molar-refractivity contribution in [1.82, 2.24) is 24.7 Å². The van der Waals surface area contributed by atoms with Crippen LogP contribution >= 0.6 is 11.8 Å². The van der Waals surface area contributed by atoms with E-state index >= 15 is 0 Å². The van der Waals surface area contributed by atoms with Crippen LogP contribution in [0.25, 0.3) is 0 Å². The van der Waals surface area contributed by atoms with Crippen LogP contribution in [0.5, 0.6) is 0 Å². The summed E-state index contributed by atoms with van der Waals surface area (Å²) in [6.07, 6.45) is 5.19. The fraction of sp³-hybridized carbons (Fsp3) is 0.619. The first-order valence-electron chi connectivity index (χ1n) is 10.9. The van der Waals surface area contributed by atoms with Crippen molar-refractivity contribution >= 4 is 29.5 Å². The largest absolute Gasteiger partial charge is 0.477 e. The average molecular weight is 462 g/mol. The molecule has 6 atom stereocenters. The second kappa shape index (κ2) is 7.89. The van der Waals surface area contributed by atoms with Crippen LogP contribution in [0.4, 0.5) is 0 Å². The maximum absolute atomic E-state index is 12.9. The van der Waals surface area contributed by atoms with Gasteiger partial charge in [0.25, 0.3) is 0 Å². The lowest BCUT2D eigenvalue weighted by Crippen LogP contribution is -2.63. The van der Waals surface area contributed by atoms with Crippen molar-refractivity contribution in [2.24, 2.45) is 11.8 Å². The average Bonchev–Trinajstić information content (AvgIpc) is 3.41. The molecule has 4 aliphatic rings. The van der Waals surface area contributed by atoms with Crippen LogP contribution in [-0.2, 0) is 14.4 Å². The molecule has 11 heteroatoms. The number of hydrogen-bond donors (Lipinski definition) is 3. The lowest BCUT2D eigenvalue weighted by atomic mass is 9.79. The van der Waals surface area contributed by atoms with E-state index < -0.39 is 18.0 Å². The van der Waals surface area contributed by atoms with Gasteiger partial charge < -0.3 is 29.9 Å². The Kier molecular flexibility index (Phi) is 5.30. The second-order valence-electron chi connectivity index (χ2n) is 9.12. The molecule has 5 rings (SSSR count). The molecule has 0 saturated carbocycles. The highest BCUT2D eigenvalue weighted by Gasteiger charge is 2.60. The number of carbonyl (C=O) groups is 3. The van der Waals surface area contributed by atoms with Gasteiger partial charge >= 0.3 is 5.97 Å². The Morgan fingerprint density at radius 1 is 1.34 bits per heavy atom. The Balaban J connectivity index is 1.22. The number of amides is 2. The summed E-state index contributed by atoms with van der Waals surface area (Å²) >= 11 is 1.46. The minimum absolute atomic E-state index is 0.0371. The number of fused-ring (bicyclic) bond motifs is 1. The number of aliphatic carboxylic acids is 1. The van der Waals surface area contributed by atoms with Gasteiger partial charge in [0.2, 0.25) is 11.8 Å². The van der Waals surface area contributed by atoms with Crippen molar-refractivity contribution in [1.29, 1.82) is 0 Å². The number of carboxylic acids is 1. The van der Waals surface area contributed by atoms with E-state index in [4.69, 9.17) is 0 Å². The van der Waals surface area contributed by atoms with Gasteiger partial charge in [-0.25, -0.2) is 9.78 Å². The number of thioether (sulfide) groups is 1. The summed E-state index contributed by atoms with van der Waals surface area (Å²) in [4.78, 5) is 45.2. The van der Waals surface area contributed by atoms with Gasteiger partial charge in [0.05, 0.1) is 36.5 Å². The van der Waals surface area contributed by atoms with Crippen molar-refractivity contribution in [3.63, 3.8) is 0 Å². The van der Waals surface area contributed by atoms with E-state index in [1.165, 1.54) is 16.7 Å². The number of hydrogen-bond acceptors (Lipinski definition) is 7. The monoisotopic (exact) mass is 461 g/mol. The topological polar surface area (TPSA) is 128 Å². The number of carboxylic acid groups (broad SMARTS) is 1. The molecule has 32 heavy (non-hydrogen) atoms. The van der Waals surface area contributed by atoms with Crippen LogP contribution in [0.2, 0.25) is 0 Å². The maximum Gasteiger partial charge on any atom is 0.353 e. The third-order valence-corrected chi connectivity index (χ3v) is 8.63. The summed E-state index contributed by atoms with van der Waals surface area (Å²) in [7, 11) is 0. The third-order valence-electron chi connectivity index (χ3n) is 7.11. The first kappa shape index (κ1) is 21.5. The van der Waals surface area contributed by atoms with Gasteiger partial charge in [-0.1, -0.05) is 6.92 Å². The van der Waals surface area contributed by atoms with E-state index in [1.54, 1.807) is 19.4 Å². The van der Waals surface area contributed by atoms with Gasteiger partial charge in [-0.3, -0.25) is 9.59 Å². The minimum atomic E-state index is -1.12. The summed E-state index contributed by atoms with van der Waals surface area (Å²) in [6, 6.07) is -0.339. The Hall–Kier alpha value is -2.37. The van der Waals surface area contributed by atoms with Gasteiger partial charge in [0, 0.05) is 48.1 Å². The molecule has 1 aromatic rings. The molecule has 3 N–H and O–H groups in total. The second-order valence-corrected chi connectivity index (χ2v) is 10.5. The van der Waals surface area contributed by atoms with Crippen molar-refractivity contribution in [3.05, 3.63) is 29.3 Å². The number of rotatable bonds is 6. The number of imidazole rings is 1. The summed E-state index contributed by atoms with van der Waals surface area (Å²) in [5.74, 6) is -2.10. The van der Waals surface area contributed by atoms with Crippen LogP contribution in [-0.4, -0.2) is 90.4 Å². The molecule has 0 aromatic carbocycles. The summed E-state index contributed by atoms with van der Waals surface area (Å²) in [6.45, 7) is 5.41. The number of nitrogens with zero attached hydrogens (tertiary/aromatic N) is 4. The van der Waals surface area contributed by atoms with Crippen LogP contribution in [0.15, 0.2) is 29.3 Å². The van der Waals surface area contributed by atoms with E-state index in [-0.39, 0.29) is 46.8 Å². The number of likely N-dealkylation sites (tertiary alicyclic amines) is 1. The molecular formula is C21H27N5O5S. The molecular weight excluding hydrogens is 434 g/mol. The smallest absolute Gasteiger partial charge is 0.353 e. The summed E-state index contributed by atoms with van der Waals surface area (Å²) < 4.78 is 2.01. The van der Waals surface area contributed by atoms with Crippen molar-refractivity contribution in [3.8, 4) is 0 Å². The molecule has 0 aliphatic carbocycles. The van der Waals surface area contributed by atoms with E-state index in [2.05, 4.69) is 10.3 Å². The predicted molar refractivity (Wildman–Crippen MR) is 115 cm³/mol. The van der Waals surface area contributed by atoms with Gasteiger partial charge in [-0.15, -0.1) is 11.8 Å². The molecule has 4 aliphatic heterocycles. The molecule has 2 amide bonds. The van der Waals surface area contributed by atoms with Crippen molar-refractivity contribution in [2.45, 2.75) is 49.7 Å². The van der Waals surface area contributed by atoms with Crippen molar-refractivity contribution in [2.75, 3.05) is 19.6 Å². The minimum Gasteiger partial charge on any atom is -0.477 e. The SMILES string of the molecule is C[C@H](O)[C@H]1C(=O)N2C(C(=O)O)=C(SC3CN[C@H](C(=O)N4CC(n5ccnc5)C4)C3)[C@H](C)[C@H]12. The van der Waals surface area contributed by atoms with Gasteiger partial charge in [0.1, 0.15) is 5.70 Å². The van der Waals surface area contributed by atoms with Gasteiger partial charge in [0.15, 0.2) is 0 Å². The molecule has 5 heterocycles. The van der Waals surface area contributed by atoms with E-state index in [1.807, 2.05) is 22.6 Å². The van der Waals surface area contributed by atoms with Crippen molar-refractivity contribution < 1.29 is 24.6 Å². The standard InChI is InChI=1S/C21H27N5O5S/c1-10-16-15(11(2)27)20(29)26(16)17(21(30)31)18(10)32-13-5-14(23-6-13)19(28)25-7-12(8-25)24-4-3-22-9-24/h3-4,9-16,23,27H,5-8H2,1-2H3,(H,30,31)/t10-,11+,13?,14+,15-,16-/m1/s1. The van der Waals surface area contributed by atoms with Crippen LogP contribution in [0, 0.1) is 11.8 Å². The number of aliphatic hydroxyl groups is 1. The Morgan fingerprint density at radius 2 is 2.09 bits per heavy atom. The predicted octanol–water partition coefficient (Wildman–Crippen LogP) is -0.116. The number of aromatic nitrogens is 2. The molecule has 0 bridgehead atoms. The number of carbonyl (C=O) groups excluding carboxylic acids is 2. The van der Waals surface area contributed by atoms with Crippen LogP contribution < -0.4 is 5.32 Å². The van der Waals surface area contributed by atoms with E-state index in [9.17, 15) is 24.6 Å². The third kappa shape index (κ3) is 3.25. The van der Waals surface area contributed by atoms with Crippen LogP contribution in [0.1, 0.15) is 26.3 Å². The maximum atomic E-state index is 12.9. The Labute approximate surface area is 189 Å². The summed E-state index contributed by atoms with van der Waals surface area (Å²) in [5, 5.41) is 23.1. The fourth-order valence-electron chi connectivity index (χ4n) is 5.37. The molecule has 10 nitrogen and oxygen atoms in total. The highest BCUT2D eigenvalue weighted by Crippen LogP contribution is 2.51. The number of aliphatic hydroxyl groups excluding tert-OH is 1.